The van der Waals surface area contributed by atoms with Crippen molar-refractivity contribution in [3.05, 3.63) is 41.2 Å². The van der Waals surface area contributed by atoms with Crippen LogP contribution >= 0.6 is 19.4 Å². The van der Waals surface area contributed by atoms with Gasteiger partial charge in [0.05, 0.1) is 0 Å². The first-order valence-electron chi connectivity index (χ1n) is 8.55. The van der Waals surface area contributed by atoms with E-state index in [4.69, 9.17) is 19.4 Å². The van der Waals surface area contributed by atoms with Crippen molar-refractivity contribution in [1.29, 1.82) is 0 Å². The third kappa shape index (κ3) is 3.69. The van der Waals surface area contributed by atoms with E-state index in [1.165, 1.54) is 48.1 Å². The molecule has 134 valence electrons. The number of halogens is 2. The molecular weight excluding hydrogens is 428 g/mol. The molecule has 2 aliphatic heterocycles. The Hall–Kier alpha value is -0.497. The number of nitrogens with zero attached hydrogens (tertiary/aromatic N) is 2. The van der Waals surface area contributed by atoms with Gasteiger partial charge in [0.15, 0.2) is 0 Å². The Morgan fingerprint density at radius 2 is 1.58 bits per heavy atom. The van der Waals surface area contributed by atoms with Crippen molar-refractivity contribution in [3.8, 4) is 0 Å². The van der Waals surface area contributed by atoms with Crippen molar-refractivity contribution in [3.63, 3.8) is 0 Å². The van der Waals surface area contributed by atoms with Crippen molar-refractivity contribution in [2.24, 2.45) is 0 Å². The van der Waals surface area contributed by atoms with E-state index in [1.54, 1.807) is 0 Å². The SMILES string of the molecule is Cc1cc(C)c(N2C=CN3CCCCCC[CH]=[Ru]([Cl])([Cl])=[C]32)c(C)c1. The van der Waals surface area contributed by atoms with Crippen LogP contribution in [0.5, 0.6) is 0 Å². The molecule has 0 N–H and O–H groups in total. The number of fused-ring (bicyclic) bond motifs is 1. The average Bonchev–Trinajstić information content (AvgIpc) is 2.89. The van der Waals surface area contributed by atoms with Gasteiger partial charge >= 0.3 is 156 Å². The second-order valence-electron chi connectivity index (χ2n) is 6.65. The van der Waals surface area contributed by atoms with Crippen LogP contribution in [0.15, 0.2) is 24.5 Å². The summed E-state index contributed by atoms with van der Waals surface area (Å²) in [6.07, 6.45) is 10.3. The Balaban J connectivity index is 2.16. The minimum atomic E-state index is -3.01. The van der Waals surface area contributed by atoms with Crippen LogP contribution in [-0.2, 0) is 11.9 Å². The third-order valence-corrected chi connectivity index (χ3v) is 10.6. The normalized spacial score (nSPS) is 22.1. The molecule has 0 radical (unpaired) electrons. The van der Waals surface area contributed by atoms with Gasteiger partial charge in [-0.15, -0.1) is 0 Å². The van der Waals surface area contributed by atoms with Gasteiger partial charge in [0.1, 0.15) is 0 Å². The Morgan fingerprint density at radius 3 is 2.29 bits per heavy atom. The molecule has 0 aromatic heterocycles. The molecular formula is C19H26Cl2N2Ru. The summed E-state index contributed by atoms with van der Waals surface area (Å²) in [7, 11) is 14.0. The summed E-state index contributed by atoms with van der Waals surface area (Å²) in [5.74, 6) is 0. The fraction of sp³-hybridized carbons (Fsp3) is 0.474. The van der Waals surface area contributed by atoms with E-state index in [-0.39, 0.29) is 0 Å². The number of hydrogen-bond donors (Lipinski definition) is 0. The molecule has 2 nitrogen and oxygen atoms in total. The van der Waals surface area contributed by atoms with Gasteiger partial charge in [-0.25, -0.2) is 0 Å². The van der Waals surface area contributed by atoms with Crippen molar-refractivity contribution < 1.29 is 11.9 Å². The zero-order chi connectivity index (χ0) is 17.3. The molecule has 0 saturated heterocycles. The monoisotopic (exact) mass is 454 g/mol. The molecule has 0 fully saturated rings. The fourth-order valence-electron chi connectivity index (χ4n) is 3.58. The molecule has 5 heteroatoms. The van der Waals surface area contributed by atoms with Gasteiger partial charge in [-0.1, -0.05) is 0 Å². The zero-order valence-corrected chi connectivity index (χ0v) is 17.9. The van der Waals surface area contributed by atoms with Crippen molar-refractivity contribution in [2.75, 3.05) is 11.4 Å². The standard InChI is InChI=1S/C19H26N2.2ClH.Ru/c1-5-6-7-8-9-10-20-11-12-21(15-20)19-17(3)13-16(2)14-18(19)4;;;/h1,11-14H,5-10H2,2-4H3;2*1H;/q;;;+2/p-2. The topological polar surface area (TPSA) is 6.48 Å². The molecule has 0 unspecified atom stereocenters. The summed E-state index contributed by atoms with van der Waals surface area (Å²) in [6, 6.07) is 4.47. The summed E-state index contributed by atoms with van der Waals surface area (Å²) in [5.41, 5.74) is 5.06. The van der Waals surface area contributed by atoms with Crippen LogP contribution in [0.1, 0.15) is 48.8 Å². The number of rotatable bonds is 1. The molecule has 0 aliphatic carbocycles. The summed E-state index contributed by atoms with van der Waals surface area (Å²) >= 11 is -3.01. The maximum atomic E-state index is 6.98. The molecule has 2 heterocycles. The quantitative estimate of drug-likeness (QED) is 0.516. The van der Waals surface area contributed by atoms with Gasteiger partial charge in [-0.05, 0) is 0 Å². The Labute approximate surface area is 156 Å². The van der Waals surface area contributed by atoms with E-state index in [0.29, 0.717) is 0 Å². The zero-order valence-electron chi connectivity index (χ0n) is 14.6. The molecule has 0 saturated carbocycles. The van der Waals surface area contributed by atoms with Gasteiger partial charge < -0.3 is 0 Å². The summed E-state index contributed by atoms with van der Waals surface area (Å²) in [6.45, 7) is 7.49. The Bertz CT molecular complexity index is 758. The second kappa shape index (κ2) is 7.40. The minimum absolute atomic E-state index is 1.00. The Morgan fingerprint density at radius 1 is 0.917 bits per heavy atom. The van der Waals surface area contributed by atoms with Crippen LogP contribution in [0.2, 0.25) is 0 Å². The van der Waals surface area contributed by atoms with Crippen molar-refractivity contribution >= 4 is 34.0 Å². The summed E-state index contributed by atoms with van der Waals surface area (Å²) in [4.78, 5) is 4.56. The van der Waals surface area contributed by atoms with Gasteiger partial charge in [0.25, 0.3) is 0 Å². The van der Waals surface area contributed by atoms with Gasteiger partial charge in [0.2, 0.25) is 0 Å². The first-order valence-corrected chi connectivity index (χ1v) is 14.9. The van der Waals surface area contributed by atoms with E-state index in [1.807, 2.05) is 0 Å². The first-order chi connectivity index (χ1) is 11.4. The number of aryl methyl sites for hydroxylation is 3. The van der Waals surface area contributed by atoms with Crippen LogP contribution in [0.25, 0.3) is 0 Å². The van der Waals surface area contributed by atoms with Crippen LogP contribution in [0, 0.1) is 20.8 Å². The third-order valence-electron chi connectivity index (χ3n) is 4.54. The molecule has 24 heavy (non-hydrogen) atoms. The Kier molecular flexibility index (Phi) is 5.64. The van der Waals surface area contributed by atoms with E-state index < -0.39 is 11.9 Å². The van der Waals surface area contributed by atoms with E-state index in [2.05, 4.69) is 59.7 Å². The molecule has 2 aliphatic rings. The molecule has 0 bridgehead atoms. The van der Waals surface area contributed by atoms with E-state index in [0.717, 1.165) is 17.3 Å². The first kappa shape index (κ1) is 18.3. The van der Waals surface area contributed by atoms with E-state index >= 15 is 0 Å². The van der Waals surface area contributed by atoms with Gasteiger partial charge in [0, 0.05) is 0 Å². The van der Waals surface area contributed by atoms with Crippen LogP contribution < -0.4 is 4.90 Å². The van der Waals surface area contributed by atoms with Gasteiger partial charge in [-0.2, -0.15) is 0 Å². The summed E-state index contributed by atoms with van der Waals surface area (Å²) in [5, 5.41) is 0. The average molecular weight is 454 g/mol. The van der Waals surface area contributed by atoms with E-state index in [9.17, 15) is 0 Å². The van der Waals surface area contributed by atoms with Crippen LogP contribution in [0.4, 0.5) is 5.69 Å². The summed E-state index contributed by atoms with van der Waals surface area (Å²) < 4.78 is 3.35. The van der Waals surface area contributed by atoms with Gasteiger partial charge in [-0.3, -0.25) is 0 Å². The second-order valence-corrected chi connectivity index (χ2v) is 16.1. The molecule has 0 amide bonds. The predicted octanol–water partition coefficient (Wildman–Crippen LogP) is 5.52. The van der Waals surface area contributed by atoms with Crippen LogP contribution in [0.3, 0.4) is 0 Å². The molecule has 0 spiro atoms. The fourth-order valence-corrected chi connectivity index (χ4v) is 9.34. The predicted molar refractivity (Wildman–Crippen MR) is 105 cm³/mol. The van der Waals surface area contributed by atoms with Crippen molar-refractivity contribution in [2.45, 2.75) is 52.9 Å². The molecule has 3 rings (SSSR count). The molecule has 1 aromatic carbocycles. The number of anilines is 1. The number of benzene rings is 1. The number of hydrogen-bond acceptors (Lipinski definition) is 2. The molecule has 0 atom stereocenters. The maximum absolute atomic E-state index is 6.98. The van der Waals surface area contributed by atoms with Crippen LogP contribution in [-0.4, -0.2) is 20.4 Å². The molecule has 1 aromatic rings. The van der Waals surface area contributed by atoms with Crippen molar-refractivity contribution in [1.82, 2.24) is 4.90 Å².